The Morgan fingerprint density at radius 1 is 1.06 bits per heavy atom. The number of thiazole rings is 1. The molecule has 4 rings (SSSR count). The van der Waals surface area contributed by atoms with Crippen LogP contribution in [0, 0.1) is 11.6 Å². The number of fused-ring (bicyclic) bond motifs is 1. The Kier molecular flexibility index (Phi) is 5.90. The van der Waals surface area contributed by atoms with Crippen molar-refractivity contribution in [2.45, 2.75) is 6.61 Å². The number of rotatable bonds is 6. The number of halogens is 2. The molecule has 0 saturated heterocycles. The standard InChI is InChI=1S/C21H15F2N5O3S/c22-12-1-3-16-18(8-12)32-21(27-16)28-20(30)26-15-4-2-13(9-14(15)23)31-10-11-5-6-25-17(7-11)19(24)29/h1-9H,10H2,(H2,24,29)(H2,26,27,28,30). The van der Waals surface area contributed by atoms with Crippen molar-refractivity contribution in [2.24, 2.45) is 5.73 Å². The van der Waals surface area contributed by atoms with Gasteiger partial charge in [0, 0.05) is 12.3 Å². The van der Waals surface area contributed by atoms with Crippen LogP contribution in [0.15, 0.2) is 54.7 Å². The van der Waals surface area contributed by atoms with E-state index in [0.717, 1.165) is 17.4 Å². The summed E-state index contributed by atoms with van der Waals surface area (Å²) in [4.78, 5) is 31.4. The second-order valence-electron chi connectivity index (χ2n) is 6.55. The van der Waals surface area contributed by atoms with Crippen LogP contribution in [0.2, 0.25) is 0 Å². The predicted octanol–water partition coefficient (Wildman–Crippen LogP) is 4.29. The third-order valence-electron chi connectivity index (χ3n) is 4.24. The Hall–Kier alpha value is -4.12. The summed E-state index contributed by atoms with van der Waals surface area (Å²) >= 11 is 1.09. The Balaban J connectivity index is 1.37. The van der Waals surface area contributed by atoms with Crippen LogP contribution in [0.1, 0.15) is 16.1 Å². The zero-order chi connectivity index (χ0) is 22.7. The van der Waals surface area contributed by atoms with Gasteiger partial charge in [-0.25, -0.2) is 18.6 Å². The number of carbonyl (C=O) groups is 2. The molecule has 162 valence electrons. The Morgan fingerprint density at radius 2 is 1.91 bits per heavy atom. The summed E-state index contributed by atoms with van der Waals surface area (Å²) in [5.41, 5.74) is 6.39. The van der Waals surface area contributed by atoms with Crippen molar-refractivity contribution >= 4 is 44.3 Å². The number of hydrogen-bond acceptors (Lipinski definition) is 6. The van der Waals surface area contributed by atoms with Crippen LogP contribution in [0.4, 0.5) is 24.4 Å². The van der Waals surface area contributed by atoms with Crippen molar-refractivity contribution < 1.29 is 23.1 Å². The smallest absolute Gasteiger partial charge is 0.325 e. The van der Waals surface area contributed by atoms with E-state index in [-0.39, 0.29) is 28.9 Å². The molecule has 3 amide bonds. The number of nitrogens with zero attached hydrogens (tertiary/aromatic N) is 2. The number of aromatic nitrogens is 2. The molecule has 2 aromatic heterocycles. The molecule has 0 aliphatic heterocycles. The number of benzene rings is 2. The molecule has 0 bridgehead atoms. The predicted molar refractivity (Wildman–Crippen MR) is 116 cm³/mol. The first-order chi connectivity index (χ1) is 15.4. The highest BCUT2D eigenvalue weighted by atomic mass is 32.1. The minimum atomic E-state index is -0.712. The molecular weight excluding hydrogens is 440 g/mol. The second kappa shape index (κ2) is 8.94. The topological polar surface area (TPSA) is 119 Å². The largest absolute Gasteiger partial charge is 0.489 e. The van der Waals surface area contributed by atoms with E-state index >= 15 is 0 Å². The molecule has 0 fully saturated rings. The monoisotopic (exact) mass is 455 g/mol. The van der Waals surface area contributed by atoms with Gasteiger partial charge in [-0.3, -0.25) is 15.1 Å². The highest BCUT2D eigenvalue weighted by Crippen LogP contribution is 2.27. The lowest BCUT2D eigenvalue weighted by Crippen LogP contribution is -2.20. The molecule has 11 heteroatoms. The maximum atomic E-state index is 14.4. The van der Waals surface area contributed by atoms with Gasteiger partial charge in [-0.1, -0.05) is 11.3 Å². The Labute approximate surface area is 184 Å². The number of urea groups is 1. The van der Waals surface area contributed by atoms with Gasteiger partial charge in [0.15, 0.2) is 5.13 Å². The van der Waals surface area contributed by atoms with Gasteiger partial charge in [-0.2, -0.15) is 0 Å². The van der Waals surface area contributed by atoms with Gasteiger partial charge in [0.1, 0.15) is 29.7 Å². The number of nitrogens with two attached hydrogens (primary N) is 1. The molecule has 2 heterocycles. The van der Waals surface area contributed by atoms with E-state index in [9.17, 15) is 18.4 Å². The lowest BCUT2D eigenvalue weighted by atomic mass is 10.2. The van der Waals surface area contributed by atoms with Crippen LogP contribution in [0.5, 0.6) is 5.75 Å². The normalized spacial score (nSPS) is 10.7. The third kappa shape index (κ3) is 4.95. The summed E-state index contributed by atoms with van der Waals surface area (Å²) in [6, 6.07) is 10.5. The summed E-state index contributed by atoms with van der Waals surface area (Å²) in [5.74, 6) is -1.56. The van der Waals surface area contributed by atoms with Crippen molar-refractivity contribution in [1.29, 1.82) is 0 Å². The molecule has 0 aliphatic carbocycles. The first-order valence-corrected chi connectivity index (χ1v) is 10.0. The SMILES string of the molecule is NC(=O)c1cc(COc2ccc(NC(=O)Nc3nc4ccc(F)cc4s3)c(F)c2)ccn1. The van der Waals surface area contributed by atoms with Crippen LogP contribution < -0.4 is 21.1 Å². The van der Waals surface area contributed by atoms with Crippen LogP contribution in [-0.4, -0.2) is 21.9 Å². The number of ether oxygens (including phenoxy) is 1. The van der Waals surface area contributed by atoms with Gasteiger partial charge in [0.2, 0.25) is 0 Å². The summed E-state index contributed by atoms with van der Waals surface area (Å²) < 4.78 is 33.8. The van der Waals surface area contributed by atoms with Crippen molar-refractivity contribution in [3.05, 3.63) is 77.6 Å². The average molecular weight is 455 g/mol. The second-order valence-corrected chi connectivity index (χ2v) is 7.58. The fraction of sp³-hybridized carbons (Fsp3) is 0.0476. The van der Waals surface area contributed by atoms with Crippen LogP contribution >= 0.6 is 11.3 Å². The van der Waals surface area contributed by atoms with E-state index in [1.54, 1.807) is 6.07 Å². The minimum Gasteiger partial charge on any atom is -0.489 e. The number of primary amides is 1. The number of nitrogens with one attached hydrogen (secondary N) is 2. The van der Waals surface area contributed by atoms with Crippen LogP contribution in [0.3, 0.4) is 0 Å². The number of anilines is 2. The van der Waals surface area contributed by atoms with E-state index in [4.69, 9.17) is 10.5 Å². The molecule has 0 aliphatic rings. The fourth-order valence-corrected chi connectivity index (χ4v) is 3.64. The average Bonchev–Trinajstić information content (AvgIpc) is 3.15. The maximum absolute atomic E-state index is 14.4. The van der Waals surface area contributed by atoms with Gasteiger partial charge in [0.05, 0.1) is 15.9 Å². The van der Waals surface area contributed by atoms with E-state index in [1.807, 2.05) is 0 Å². The molecule has 4 aromatic rings. The molecule has 32 heavy (non-hydrogen) atoms. The lowest BCUT2D eigenvalue weighted by Gasteiger charge is -2.10. The molecule has 0 spiro atoms. The molecule has 0 unspecified atom stereocenters. The number of carbonyl (C=O) groups excluding carboxylic acids is 2. The Morgan fingerprint density at radius 3 is 2.69 bits per heavy atom. The van der Waals surface area contributed by atoms with Gasteiger partial charge < -0.3 is 15.8 Å². The zero-order valence-electron chi connectivity index (χ0n) is 16.3. The lowest BCUT2D eigenvalue weighted by molar-refractivity contribution is 0.0995. The quantitative estimate of drug-likeness (QED) is 0.401. The van der Waals surface area contributed by atoms with Crippen LogP contribution in [-0.2, 0) is 6.61 Å². The van der Waals surface area contributed by atoms with Gasteiger partial charge in [-0.05, 0) is 48.0 Å². The van der Waals surface area contributed by atoms with E-state index in [2.05, 4.69) is 20.6 Å². The van der Waals surface area contributed by atoms with Crippen LogP contribution in [0.25, 0.3) is 10.2 Å². The number of pyridine rings is 1. The molecular formula is C21H15F2N5O3S. The third-order valence-corrected chi connectivity index (χ3v) is 5.18. The van der Waals surface area contributed by atoms with Gasteiger partial charge in [0.25, 0.3) is 5.91 Å². The van der Waals surface area contributed by atoms with E-state index < -0.39 is 23.6 Å². The first kappa shape index (κ1) is 21.1. The number of hydrogen-bond donors (Lipinski definition) is 3. The number of amides is 3. The van der Waals surface area contributed by atoms with E-state index in [1.165, 1.54) is 42.6 Å². The fourth-order valence-electron chi connectivity index (χ4n) is 2.76. The molecule has 2 aromatic carbocycles. The molecule has 0 radical (unpaired) electrons. The first-order valence-electron chi connectivity index (χ1n) is 9.18. The van der Waals surface area contributed by atoms with Crippen molar-refractivity contribution in [3.8, 4) is 5.75 Å². The highest BCUT2D eigenvalue weighted by Gasteiger charge is 2.12. The van der Waals surface area contributed by atoms with Gasteiger partial charge >= 0.3 is 6.03 Å². The van der Waals surface area contributed by atoms with Crippen molar-refractivity contribution in [1.82, 2.24) is 9.97 Å². The summed E-state index contributed by atoms with van der Waals surface area (Å²) in [5, 5.41) is 5.13. The maximum Gasteiger partial charge on any atom is 0.325 e. The summed E-state index contributed by atoms with van der Waals surface area (Å²) in [6.07, 6.45) is 1.42. The summed E-state index contributed by atoms with van der Waals surface area (Å²) in [7, 11) is 0. The summed E-state index contributed by atoms with van der Waals surface area (Å²) in [6.45, 7) is 0.0632. The van der Waals surface area contributed by atoms with Crippen molar-refractivity contribution in [3.63, 3.8) is 0 Å². The highest BCUT2D eigenvalue weighted by molar-refractivity contribution is 7.22. The van der Waals surface area contributed by atoms with E-state index in [0.29, 0.717) is 15.8 Å². The van der Waals surface area contributed by atoms with Crippen molar-refractivity contribution in [2.75, 3.05) is 10.6 Å². The molecule has 8 nitrogen and oxygen atoms in total. The molecule has 0 saturated carbocycles. The minimum absolute atomic E-state index is 0.0632. The molecule has 0 atom stereocenters. The Bertz CT molecular complexity index is 1330. The zero-order valence-corrected chi connectivity index (χ0v) is 17.1. The van der Waals surface area contributed by atoms with Gasteiger partial charge in [-0.15, -0.1) is 0 Å². The molecule has 4 N–H and O–H groups in total.